The Morgan fingerprint density at radius 3 is 2.79 bits per heavy atom. The molecule has 0 atom stereocenters. The van der Waals surface area contributed by atoms with Gasteiger partial charge in [-0.15, -0.1) is 11.3 Å². The standard InChI is InChI=1S/C17H26N6O3S2/c1-2-18-17(19-6-7-20-28(24,25)16-4-3-13-27-16)23-10-8-22(9-11-23)14-15-5-12-26-21-15/h3-5,12-13,20H,2,6-11,14H2,1H3,(H,18,19). The summed E-state index contributed by atoms with van der Waals surface area (Å²) in [5.74, 6) is 0.818. The molecule has 1 aliphatic rings. The zero-order valence-corrected chi connectivity index (χ0v) is 17.5. The molecule has 28 heavy (non-hydrogen) atoms. The van der Waals surface area contributed by atoms with Gasteiger partial charge in [0.15, 0.2) is 5.96 Å². The maximum atomic E-state index is 12.1. The van der Waals surface area contributed by atoms with Gasteiger partial charge >= 0.3 is 0 Å². The van der Waals surface area contributed by atoms with Crippen molar-refractivity contribution >= 4 is 27.3 Å². The van der Waals surface area contributed by atoms with Crippen LogP contribution in [0.2, 0.25) is 0 Å². The average Bonchev–Trinajstić information content (AvgIpc) is 3.39. The molecule has 0 bridgehead atoms. The van der Waals surface area contributed by atoms with E-state index in [2.05, 4.69) is 30.0 Å². The maximum absolute atomic E-state index is 12.1. The molecule has 1 saturated heterocycles. The van der Waals surface area contributed by atoms with Crippen molar-refractivity contribution in [3.05, 3.63) is 35.5 Å². The highest BCUT2D eigenvalue weighted by atomic mass is 32.2. The Morgan fingerprint density at radius 2 is 2.14 bits per heavy atom. The molecule has 1 fully saturated rings. The van der Waals surface area contributed by atoms with Gasteiger partial charge in [0.25, 0.3) is 0 Å². The lowest BCUT2D eigenvalue weighted by Gasteiger charge is -2.36. The highest BCUT2D eigenvalue weighted by Crippen LogP contribution is 2.14. The van der Waals surface area contributed by atoms with E-state index in [9.17, 15) is 8.42 Å². The van der Waals surface area contributed by atoms with Crippen LogP contribution in [-0.2, 0) is 16.6 Å². The van der Waals surface area contributed by atoms with Gasteiger partial charge in [0.1, 0.15) is 10.5 Å². The molecule has 1 aliphatic heterocycles. The minimum atomic E-state index is -3.44. The molecule has 0 aliphatic carbocycles. The van der Waals surface area contributed by atoms with Crippen molar-refractivity contribution in [2.45, 2.75) is 17.7 Å². The zero-order valence-electron chi connectivity index (χ0n) is 15.9. The highest BCUT2D eigenvalue weighted by molar-refractivity contribution is 7.91. The van der Waals surface area contributed by atoms with E-state index in [0.717, 1.165) is 50.9 Å². The van der Waals surface area contributed by atoms with Crippen LogP contribution in [-0.4, -0.2) is 75.1 Å². The Balaban J connectivity index is 1.47. The van der Waals surface area contributed by atoms with E-state index in [4.69, 9.17) is 4.52 Å². The lowest BCUT2D eigenvalue weighted by atomic mass is 10.3. The minimum absolute atomic E-state index is 0.265. The minimum Gasteiger partial charge on any atom is -0.364 e. The molecule has 9 nitrogen and oxygen atoms in total. The van der Waals surface area contributed by atoms with Crippen molar-refractivity contribution in [1.82, 2.24) is 25.0 Å². The number of thiophene rings is 1. The molecule has 11 heteroatoms. The lowest BCUT2D eigenvalue weighted by molar-refractivity contribution is 0.169. The molecule has 0 saturated carbocycles. The molecule has 3 rings (SSSR count). The Hall–Kier alpha value is -1.95. The first kappa shape index (κ1) is 20.8. The molecule has 0 aromatic carbocycles. The van der Waals surface area contributed by atoms with E-state index < -0.39 is 10.0 Å². The fourth-order valence-corrected chi connectivity index (χ4v) is 4.98. The second kappa shape index (κ2) is 10.0. The van der Waals surface area contributed by atoms with Crippen LogP contribution in [0, 0.1) is 0 Å². The summed E-state index contributed by atoms with van der Waals surface area (Å²) < 4.78 is 32.1. The zero-order chi connectivity index (χ0) is 19.8. The normalized spacial score (nSPS) is 16.5. The Kier molecular flexibility index (Phi) is 7.43. The third kappa shape index (κ3) is 5.77. The van der Waals surface area contributed by atoms with Crippen LogP contribution in [0.5, 0.6) is 0 Å². The van der Waals surface area contributed by atoms with Crippen molar-refractivity contribution in [1.29, 1.82) is 0 Å². The quantitative estimate of drug-likeness (QED) is 0.366. The summed E-state index contributed by atoms with van der Waals surface area (Å²) in [4.78, 5) is 9.12. The van der Waals surface area contributed by atoms with Crippen molar-refractivity contribution in [3.63, 3.8) is 0 Å². The molecule has 0 amide bonds. The summed E-state index contributed by atoms with van der Waals surface area (Å²) in [7, 11) is -3.44. The third-order valence-corrected chi connectivity index (χ3v) is 7.17. The summed E-state index contributed by atoms with van der Waals surface area (Å²) in [5.41, 5.74) is 0.937. The van der Waals surface area contributed by atoms with Crippen LogP contribution in [0.3, 0.4) is 0 Å². The van der Waals surface area contributed by atoms with E-state index in [1.54, 1.807) is 23.8 Å². The van der Waals surface area contributed by atoms with Gasteiger partial charge in [0, 0.05) is 51.9 Å². The topological polar surface area (TPSA) is 103 Å². The smallest absolute Gasteiger partial charge is 0.250 e. The van der Waals surface area contributed by atoms with Gasteiger partial charge in [-0.3, -0.25) is 9.89 Å². The van der Waals surface area contributed by atoms with E-state index in [1.807, 2.05) is 13.0 Å². The van der Waals surface area contributed by atoms with Gasteiger partial charge in [0.05, 0.1) is 12.2 Å². The van der Waals surface area contributed by atoms with Gasteiger partial charge in [-0.05, 0) is 18.4 Å². The van der Waals surface area contributed by atoms with E-state index in [0.29, 0.717) is 10.8 Å². The van der Waals surface area contributed by atoms with Crippen molar-refractivity contribution in [2.75, 3.05) is 45.8 Å². The van der Waals surface area contributed by atoms with Gasteiger partial charge in [-0.2, -0.15) is 0 Å². The number of piperazine rings is 1. The van der Waals surface area contributed by atoms with Crippen LogP contribution < -0.4 is 10.0 Å². The molecule has 154 valence electrons. The number of hydrogen-bond donors (Lipinski definition) is 2. The summed E-state index contributed by atoms with van der Waals surface area (Å²) in [6.07, 6.45) is 1.59. The fraction of sp³-hybridized carbons (Fsp3) is 0.529. The van der Waals surface area contributed by atoms with Gasteiger partial charge in [0.2, 0.25) is 10.0 Å². The fourth-order valence-electron chi connectivity index (χ4n) is 2.92. The number of aliphatic imine (C=N–C) groups is 1. The number of guanidine groups is 1. The van der Waals surface area contributed by atoms with Gasteiger partial charge in [-0.1, -0.05) is 11.2 Å². The molecular formula is C17H26N6O3S2. The largest absolute Gasteiger partial charge is 0.364 e. The lowest BCUT2D eigenvalue weighted by Crippen LogP contribution is -2.52. The Bertz CT molecular complexity index is 828. The molecule has 3 heterocycles. The Morgan fingerprint density at radius 1 is 1.32 bits per heavy atom. The number of hydrogen-bond acceptors (Lipinski definition) is 7. The highest BCUT2D eigenvalue weighted by Gasteiger charge is 2.20. The first-order chi connectivity index (χ1) is 13.6. The van der Waals surface area contributed by atoms with Crippen molar-refractivity contribution in [3.8, 4) is 0 Å². The van der Waals surface area contributed by atoms with E-state index in [-0.39, 0.29) is 6.54 Å². The number of rotatable bonds is 8. The van der Waals surface area contributed by atoms with Crippen molar-refractivity contribution in [2.24, 2.45) is 4.99 Å². The third-order valence-electron chi connectivity index (χ3n) is 4.31. The predicted octanol–water partition coefficient (Wildman–Crippen LogP) is 0.798. The van der Waals surface area contributed by atoms with Crippen LogP contribution in [0.1, 0.15) is 12.6 Å². The molecular weight excluding hydrogens is 400 g/mol. The van der Waals surface area contributed by atoms with Gasteiger partial charge in [-0.25, -0.2) is 13.1 Å². The van der Waals surface area contributed by atoms with Crippen LogP contribution >= 0.6 is 11.3 Å². The number of sulfonamides is 1. The first-order valence-corrected chi connectivity index (χ1v) is 11.6. The summed E-state index contributed by atoms with van der Waals surface area (Å²) in [5, 5.41) is 9.00. The molecule has 0 unspecified atom stereocenters. The molecule has 2 aromatic rings. The van der Waals surface area contributed by atoms with E-state index >= 15 is 0 Å². The second-order valence-electron chi connectivity index (χ2n) is 6.32. The van der Waals surface area contributed by atoms with Gasteiger partial charge < -0.3 is 14.7 Å². The van der Waals surface area contributed by atoms with Crippen LogP contribution in [0.15, 0.2) is 43.6 Å². The van der Waals surface area contributed by atoms with E-state index in [1.165, 1.54) is 11.3 Å². The SMILES string of the molecule is CCNC(=NCCNS(=O)(=O)c1cccs1)N1CCN(Cc2ccon2)CC1. The second-order valence-corrected chi connectivity index (χ2v) is 9.26. The summed E-state index contributed by atoms with van der Waals surface area (Å²) >= 11 is 1.20. The number of nitrogens with zero attached hydrogens (tertiary/aromatic N) is 4. The summed E-state index contributed by atoms with van der Waals surface area (Å²) in [6, 6.07) is 5.21. The average molecular weight is 427 g/mol. The molecule has 2 N–H and O–H groups in total. The number of nitrogens with one attached hydrogen (secondary N) is 2. The molecule has 0 spiro atoms. The summed E-state index contributed by atoms with van der Waals surface area (Å²) in [6.45, 7) is 7.73. The molecule has 0 radical (unpaired) electrons. The monoisotopic (exact) mass is 426 g/mol. The first-order valence-electron chi connectivity index (χ1n) is 9.26. The van der Waals surface area contributed by atoms with Crippen molar-refractivity contribution < 1.29 is 12.9 Å². The molecule has 2 aromatic heterocycles. The number of aromatic nitrogens is 1. The predicted molar refractivity (Wildman–Crippen MR) is 109 cm³/mol. The van der Waals surface area contributed by atoms with Crippen LogP contribution in [0.25, 0.3) is 0 Å². The Labute approximate surface area is 169 Å². The van der Waals surface area contributed by atoms with Crippen LogP contribution in [0.4, 0.5) is 0 Å². The maximum Gasteiger partial charge on any atom is 0.250 e.